The minimum absolute atomic E-state index is 0.0761. The highest BCUT2D eigenvalue weighted by Gasteiger charge is 2.13. The van der Waals surface area contributed by atoms with Crippen LogP contribution in [0.3, 0.4) is 0 Å². The van der Waals surface area contributed by atoms with Gasteiger partial charge in [-0.25, -0.2) is 0 Å². The number of nitro benzene ring substituents is 1. The first-order valence-electron chi connectivity index (χ1n) is 8.20. The monoisotopic (exact) mass is 399 g/mol. The van der Waals surface area contributed by atoms with Gasteiger partial charge in [-0.3, -0.25) is 19.5 Å². The van der Waals surface area contributed by atoms with Gasteiger partial charge in [-0.2, -0.15) is 0 Å². The SMILES string of the molecule is COc1ccc(-n2cnnc2SCC(=O)Nc2cc([N+](=O)[O-])ccc2C)cc1. The maximum absolute atomic E-state index is 12.3. The lowest BCUT2D eigenvalue weighted by Gasteiger charge is -2.09. The smallest absolute Gasteiger partial charge is 0.271 e. The number of carbonyl (C=O) groups is 1. The Morgan fingerprint density at radius 2 is 2.04 bits per heavy atom. The third kappa shape index (κ3) is 4.46. The Kier molecular flexibility index (Phi) is 5.90. The van der Waals surface area contributed by atoms with Gasteiger partial charge in [0.25, 0.3) is 5.69 Å². The fourth-order valence-electron chi connectivity index (χ4n) is 2.42. The van der Waals surface area contributed by atoms with Crippen molar-refractivity contribution in [3.05, 3.63) is 64.5 Å². The van der Waals surface area contributed by atoms with E-state index in [1.807, 2.05) is 24.3 Å². The van der Waals surface area contributed by atoms with Crippen LogP contribution in [0.5, 0.6) is 5.75 Å². The van der Waals surface area contributed by atoms with Crippen LogP contribution in [0.4, 0.5) is 11.4 Å². The lowest BCUT2D eigenvalue weighted by Crippen LogP contribution is -2.15. The van der Waals surface area contributed by atoms with E-state index >= 15 is 0 Å². The molecule has 0 aliphatic carbocycles. The maximum atomic E-state index is 12.3. The molecule has 0 saturated carbocycles. The third-order valence-corrected chi connectivity index (χ3v) is 4.85. The summed E-state index contributed by atoms with van der Waals surface area (Å²) in [6.45, 7) is 1.77. The van der Waals surface area contributed by atoms with Gasteiger partial charge in [0.1, 0.15) is 12.1 Å². The van der Waals surface area contributed by atoms with Crippen molar-refractivity contribution in [1.29, 1.82) is 0 Å². The number of rotatable bonds is 7. The van der Waals surface area contributed by atoms with Crippen molar-refractivity contribution in [1.82, 2.24) is 14.8 Å². The molecule has 0 unspecified atom stereocenters. The molecule has 3 aromatic rings. The summed E-state index contributed by atoms with van der Waals surface area (Å²) < 4.78 is 6.90. The van der Waals surface area contributed by atoms with Crippen LogP contribution < -0.4 is 10.1 Å². The number of aryl methyl sites for hydroxylation is 1. The quantitative estimate of drug-likeness (QED) is 0.369. The molecular weight excluding hydrogens is 382 g/mol. The zero-order valence-electron chi connectivity index (χ0n) is 15.2. The third-order valence-electron chi connectivity index (χ3n) is 3.91. The highest BCUT2D eigenvalue weighted by atomic mass is 32.2. The van der Waals surface area contributed by atoms with Crippen LogP contribution in [0.2, 0.25) is 0 Å². The molecule has 1 amide bonds. The van der Waals surface area contributed by atoms with Gasteiger partial charge in [-0.05, 0) is 36.8 Å². The Labute approximate surface area is 164 Å². The second kappa shape index (κ2) is 8.53. The normalized spacial score (nSPS) is 10.5. The van der Waals surface area contributed by atoms with E-state index in [0.717, 1.165) is 17.0 Å². The van der Waals surface area contributed by atoms with Crippen LogP contribution >= 0.6 is 11.8 Å². The molecule has 0 bridgehead atoms. The van der Waals surface area contributed by atoms with Gasteiger partial charge in [-0.15, -0.1) is 10.2 Å². The number of hydrogen-bond donors (Lipinski definition) is 1. The van der Waals surface area contributed by atoms with E-state index in [9.17, 15) is 14.9 Å². The highest BCUT2D eigenvalue weighted by molar-refractivity contribution is 7.99. The molecule has 3 rings (SSSR count). The minimum atomic E-state index is -0.499. The van der Waals surface area contributed by atoms with E-state index < -0.39 is 4.92 Å². The van der Waals surface area contributed by atoms with Crippen molar-refractivity contribution >= 4 is 29.0 Å². The Hall–Kier alpha value is -3.40. The fourth-order valence-corrected chi connectivity index (χ4v) is 3.15. The molecule has 1 heterocycles. The number of thioether (sulfide) groups is 1. The molecule has 1 N–H and O–H groups in total. The number of carbonyl (C=O) groups excluding carboxylic acids is 1. The average Bonchev–Trinajstić information content (AvgIpc) is 3.16. The molecule has 0 fully saturated rings. The van der Waals surface area contributed by atoms with E-state index in [0.29, 0.717) is 10.8 Å². The van der Waals surface area contributed by atoms with Crippen LogP contribution in [0.1, 0.15) is 5.56 Å². The van der Waals surface area contributed by atoms with Crippen LogP contribution in [0.15, 0.2) is 53.9 Å². The molecule has 0 aliphatic heterocycles. The number of amides is 1. The molecule has 1 aromatic heterocycles. The molecule has 0 atom stereocenters. The molecular formula is C18H17N5O4S. The molecule has 10 heteroatoms. The number of nitrogens with zero attached hydrogens (tertiary/aromatic N) is 4. The topological polar surface area (TPSA) is 112 Å². The van der Waals surface area contributed by atoms with Gasteiger partial charge in [0.2, 0.25) is 5.91 Å². The number of ether oxygens (including phenoxy) is 1. The summed E-state index contributed by atoms with van der Waals surface area (Å²) >= 11 is 1.21. The largest absolute Gasteiger partial charge is 0.497 e. The van der Waals surface area contributed by atoms with Crippen LogP contribution in [0, 0.1) is 17.0 Å². The molecule has 2 aromatic carbocycles. The first kappa shape index (κ1) is 19.4. The molecule has 0 radical (unpaired) electrons. The van der Waals surface area contributed by atoms with Crippen molar-refractivity contribution in [2.45, 2.75) is 12.1 Å². The first-order valence-corrected chi connectivity index (χ1v) is 9.18. The van der Waals surface area contributed by atoms with E-state index in [1.54, 1.807) is 31.0 Å². The number of hydrogen-bond acceptors (Lipinski definition) is 7. The van der Waals surface area contributed by atoms with Crippen LogP contribution in [-0.4, -0.2) is 38.5 Å². The van der Waals surface area contributed by atoms with Crippen molar-refractivity contribution in [2.75, 3.05) is 18.2 Å². The Morgan fingerprint density at radius 1 is 1.29 bits per heavy atom. The fraction of sp³-hybridized carbons (Fsp3) is 0.167. The van der Waals surface area contributed by atoms with Gasteiger partial charge >= 0.3 is 0 Å². The molecule has 144 valence electrons. The number of aromatic nitrogens is 3. The number of non-ortho nitro benzene ring substituents is 1. The molecule has 0 aliphatic rings. The molecule has 0 spiro atoms. The van der Waals surface area contributed by atoms with Gasteiger partial charge in [-0.1, -0.05) is 17.8 Å². The summed E-state index contributed by atoms with van der Waals surface area (Å²) in [6.07, 6.45) is 1.56. The number of nitro groups is 1. The van der Waals surface area contributed by atoms with Gasteiger partial charge in [0, 0.05) is 17.8 Å². The van der Waals surface area contributed by atoms with E-state index in [-0.39, 0.29) is 17.3 Å². The Morgan fingerprint density at radius 3 is 2.71 bits per heavy atom. The zero-order valence-corrected chi connectivity index (χ0v) is 16.0. The Balaban J connectivity index is 1.67. The van der Waals surface area contributed by atoms with Gasteiger partial charge in [0.15, 0.2) is 5.16 Å². The maximum Gasteiger partial charge on any atom is 0.271 e. The Bertz CT molecular complexity index is 1000. The van der Waals surface area contributed by atoms with Crippen LogP contribution in [0.25, 0.3) is 5.69 Å². The van der Waals surface area contributed by atoms with Crippen molar-refractivity contribution < 1.29 is 14.5 Å². The van der Waals surface area contributed by atoms with Crippen molar-refractivity contribution in [3.8, 4) is 11.4 Å². The van der Waals surface area contributed by atoms with E-state index in [1.165, 1.54) is 23.9 Å². The lowest BCUT2D eigenvalue weighted by molar-refractivity contribution is -0.384. The number of benzene rings is 2. The lowest BCUT2D eigenvalue weighted by atomic mass is 10.2. The predicted molar refractivity (Wildman–Crippen MR) is 105 cm³/mol. The van der Waals surface area contributed by atoms with Crippen molar-refractivity contribution in [3.63, 3.8) is 0 Å². The summed E-state index contributed by atoms with van der Waals surface area (Å²) in [5.41, 5.74) is 1.91. The molecule has 9 nitrogen and oxygen atoms in total. The second-order valence-corrected chi connectivity index (χ2v) is 6.72. The standard InChI is InChI=1S/C18H17N5O4S/c1-12-3-4-14(23(25)26)9-16(12)20-17(24)10-28-18-21-19-11-22(18)13-5-7-15(27-2)8-6-13/h3-9,11H,10H2,1-2H3,(H,20,24). The number of nitrogens with one attached hydrogen (secondary N) is 1. The van der Waals surface area contributed by atoms with Gasteiger partial charge in [0.05, 0.1) is 23.5 Å². The number of anilines is 1. The summed E-state index contributed by atoms with van der Waals surface area (Å²) in [5, 5.41) is 22.1. The summed E-state index contributed by atoms with van der Waals surface area (Å²) in [7, 11) is 1.59. The minimum Gasteiger partial charge on any atom is -0.497 e. The summed E-state index contributed by atoms with van der Waals surface area (Å²) in [5.74, 6) is 0.521. The zero-order chi connectivity index (χ0) is 20.1. The number of methoxy groups -OCH3 is 1. The van der Waals surface area contributed by atoms with E-state index in [2.05, 4.69) is 15.5 Å². The predicted octanol–water partition coefficient (Wildman–Crippen LogP) is 3.22. The molecule has 0 saturated heterocycles. The van der Waals surface area contributed by atoms with Crippen molar-refractivity contribution in [2.24, 2.45) is 0 Å². The first-order chi connectivity index (χ1) is 13.5. The van der Waals surface area contributed by atoms with Crippen LogP contribution in [-0.2, 0) is 4.79 Å². The summed E-state index contributed by atoms with van der Waals surface area (Å²) in [6, 6.07) is 11.7. The average molecular weight is 399 g/mol. The van der Waals surface area contributed by atoms with Gasteiger partial charge < -0.3 is 10.1 Å². The second-order valence-electron chi connectivity index (χ2n) is 5.77. The summed E-state index contributed by atoms with van der Waals surface area (Å²) in [4.78, 5) is 22.7. The highest BCUT2D eigenvalue weighted by Crippen LogP contribution is 2.24. The molecule has 28 heavy (non-hydrogen) atoms. The van der Waals surface area contributed by atoms with E-state index in [4.69, 9.17) is 4.74 Å².